The Hall–Kier alpha value is -2.05. The van der Waals surface area contributed by atoms with E-state index in [0.29, 0.717) is 31.2 Å². The van der Waals surface area contributed by atoms with Crippen LogP contribution in [0, 0.1) is 5.92 Å². The normalized spacial score (nSPS) is 19.6. The highest BCUT2D eigenvalue weighted by atomic mass is 16.6. The van der Waals surface area contributed by atoms with Gasteiger partial charge < -0.3 is 15.0 Å². The molecule has 2 amide bonds. The van der Waals surface area contributed by atoms with Gasteiger partial charge in [-0.2, -0.15) is 5.10 Å². The van der Waals surface area contributed by atoms with E-state index in [1.165, 1.54) is 32.1 Å². The van der Waals surface area contributed by atoms with Gasteiger partial charge in [0.25, 0.3) is 5.91 Å². The van der Waals surface area contributed by atoms with Crippen LogP contribution < -0.4 is 5.32 Å². The number of nitrogens with zero attached hydrogens (tertiary/aromatic N) is 3. The van der Waals surface area contributed by atoms with E-state index in [1.54, 1.807) is 29.0 Å². The fraction of sp³-hybridized carbons (Fsp3) is 0.722. The first-order valence-corrected chi connectivity index (χ1v) is 9.33. The van der Waals surface area contributed by atoms with Crippen molar-refractivity contribution in [3.63, 3.8) is 0 Å². The van der Waals surface area contributed by atoms with Gasteiger partial charge in [-0.05, 0) is 31.6 Å². The van der Waals surface area contributed by atoms with Gasteiger partial charge in [-0.3, -0.25) is 9.48 Å². The van der Waals surface area contributed by atoms with Crippen molar-refractivity contribution in [2.24, 2.45) is 13.0 Å². The molecular formula is C18H28N4O3. The first-order valence-electron chi connectivity index (χ1n) is 9.33. The van der Waals surface area contributed by atoms with Crippen molar-refractivity contribution in [2.45, 2.75) is 51.0 Å². The Labute approximate surface area is 148 Å². The molecule has 1 saturated carbocycles. The van der Waals surface area contributed by atoms with E-state index in [9.17, 15) is 9.59 Å². The van der Waals surface area contributed by atoms with Crippen molar-refractivity contribution in [1.29, 1.82) is 0 Å². The molecule has 3 rings (SSSR count). The minimum Gasteiger partial charge on any atom is -0.449 e. The summed E-state index contributed by atoms with van der Waals surface area (Å²) in [6.45, 7) is 1.81. The number of likely N-dealkylation sites (tertiary alicyclic amines) is 1. The summed E-state index contributed by atoms with van der Waals surface area (Å²) in [7, 11) is 1.79. The lowest BCUT2D eigenvalue weighted by molar-refractivity contribution is 0.0702. The zero-order chi connectivity index (χ0) is 17.6. The van der Waals surface area contributed by atoms with Gasteiger partial charge in [0.15, 0.2) is 0 Å². The maximum absolute atomic E-state index is 12.2. The van der Waals surface area contributed by atoms with Gasteiger partial charge >= 0.3 is 6.09 Å². The van der Waals surface area contributed by atoms with Crippen LogP contribution in [0.25, 0.3) is 0 Å². The van der Waals surface area contributed by atoms with E-state index < -0.39 is 0 Å². The van der Waals surface area contributed by atoms with Crippen molar-refractivity contribution in [3.8, 4) is 0 Å². The average molecular weight is 348 g/mol. The smallest absolute Gasteiger partial charge is 0.409 e. The fourth-order valence-electron chi connectivity index (χ4n) is 3.65. The van der Waals surface area contributed by atoms with Crippen LogP contribution in [0.15, 0.2) is 12.4 Å². The third-order valence-corrected chi connectivity index (χ3v) is 5.22. The van der Waals surface area contributed by atoms with Crippen molar-refractivity contribution in [1.82, 2.24) is 20.0 Å². The number of rotatable bonds is 4. The van der Waals surface area contributed by atoms with Crippen molar-refractivity contribution < 1.29 is 14.3 Å². The van der Waals surface area contributed by atoms with Gasteiger partial charge in [0.2, 0.25) is 0 Å². The topological polar surface area (TPSA) is 76.5 Å². The number of hydrogen-bond donors (Lipinski definition) is 1. The number of amides is 2. The summed E-state index contributed by atoms with van der Waals surface area (Å²) in [5.41, 5.74) is 0.567. The van der Waals surface area contributed by atoms with E-state index in [2.05, 4.69) is 10.4 Å². The Balaban J connectivity index is 1.37. The molecule has 1 N–H and O–H groups in total. The number of piperidine rings is 1. The van der Waals surface area contributed by atoms with Crippen LogP contribution in [0.5, 0.6) is 0 Å². The van der Waals surface area contributed by atoms with Crippen LogP contribution in [-0.4, -0.2) is 52.4 Å². The summed E-state index contributed by atoms with van der Waals surface area (Å²) in [6.07, 6.45) is 10.7. The summed E-state index contributed by atoms with van der Waals surface area (Å²) >= 11 is 0. The van der Waals surface area contributed by atoms with Gasteiger partial charge in [0.1, 0.15) is 0 Å². The summed E-state index contributed by atoms with van der Waals surface area (Å²) < 4.78 is 7.11. The number of nitrogens with one attached hydrogen (secondary N) is 1. The van der Waals surface area contributed by atoms with Crippen LogP contribution in [0.1, 0.15) is 55.3 Å². The lowest BCUT2D eigenvalue weighted by atomic mass is 9.90. The van der Waals surface area contributed by atoms with E-state index in [0.717, 1.165) is 12.8 Å². The molecule has 2 aliphatic rings. The summed E-state index contributed by atoms with van der Waals surface area (Å²) in [6, 6.07) is 0.0927. The molecule has 0 aromatic carbocycles. The lowest BCUT2D eigenvalue weighted by Gasteiger charge is -2.32. The molecule has 138 valence electrons. The molecule has 1 aromatic rings. The molecule has 2 heterocycles. The highest BCUT2D eigenvalue weighted by Gasteiger charge is 2.26. The third-order valence-electron chi connectivity index (χ3n) is 5.22. The lowest BCUT2D eigenvalue weighted by Crippen LogP contribution is -2.46. The largest absolute Gasteiger partial charge is 0.449 e. The highest BCUT2D eigenvalue weighted by molar-refractivity contribution is 5.93. The Morgan fingerprint density at radius 3 is 2.56 bits per heavy atom. The highest BCUT2D eigenvalue weighted by Crippen LogP contribution is 2.24. The monoisotopic (exact) mass is 348 g/mol. The Morgan fingerprint density at radius 1 is 1.20 bits per heavy atom. The van der Waals surface area contributed by atoms with Gasteiger partial charge in [0, 0.05) is 32.4 Å². The Bertz CT molecular complexity index is 587. The zero-order valence-electron chi connectivity index (χ0n) is 14.9. The standard InChI is InChI=1S/C18H28N4O3/c1-21-12-15(11-19-21)17(23)20-16-7-9-22(10-8-16)18(24)25-13-14-5-3-2-4-6-14/h11-12,14,16H,2-10,13H2,1H3,(H,20,23). The van der Waals surface area contributed by atoms with E-state index in [-0.39, 0.29) is 18.0 Å². The van der Waals surface area contributed by atoms with Crippen LogP contribution in [0.2, 0.25) is 0 Å². The van der Waals surface area contributed by atoms with Crippen LogP contribution in [0.3, 0.4) is 0 Å². The molecule has 0 spiro atoms. The van der Waals surface area contributed by atoms with Crippen LogP contribution in [0.4, 0.5) is 4.79 Å². The molecule has 25 heavy (non-hydrogen) atoms. The molecular weight excluding hydrogens is 320 g/mol. The van der Waals surface area contributed by atoms with Gasteiger partial charge in [-0.15, -0.1) is 0 Å². The first-order chi connectivity index (χ1) is 12.1. The molecule has 1 saturated heterocycles. The molecule has 2 fully saturated rings. The second-order valence-electron chi connectivity index (χ2n) is 7.22. The molecule has 1 aliphatic carbocycles. The molecule has 0 unspecified atom stereocenters. The van der Waals surface area contributed by atoms with Gasteiger partial charge in [-0.25, -0.2) is 4.79 Å². The summed E-state index contributed by atoms with van der Waals surface area (Å²) in [4.78, 5) is 26.1. The maximum Gasteiger partial charge on any atom is 0.409 e. The average Bonchev–Trinajstić information content (AvgIpc) is 3.08. The molecule has 0 atom stereocenters. The molecule has 7 nitrogen and oxygen atoms in total. The maximum atomic E-state index is 12.2. The van der Waals surface area contributed by atoms with Crippen LogP contribution >= 0.6 is 0 Å². The first kappa shape index (κ1) is 17.8. The van der Waals surface area contributed by atoms with Crippen molar-refractivity contribution in [2.75, 3.05) is 19.7 Å². The Kier molecular flexibility index (Phi) is 5.94. The number of carbonyl (C=O) groups excluding carboxylic acids is 2. The van der Waals surface area contributed by atoms with E-state index in [4.69, 9.17) is 4.74 Å². The van der Waals surface area contributed by atoms with Crippen molar-refractivity contribution in [3.05, 3.63) is 18.0 Å². The van der Waals surface area contributed by atoms with Crippen LogP contribution in [-0.2, 0) is 11.8 Å². The zero-order valence-corrected chi connectivity index (χ0v) is 14.9. The number of aromatic nitrogens is 2. The molecule has 0 radical (unpaired) electrons. The van der Waals surface area contributed by atoms with Gasteiger partial charge in [0.05, 0.1) is 18.4 Å². The summed E-state index contributed by atoms with van der Waals surface area (Å²) in [5.74, 6) is 0.431. The third kappa shape index (κ3) is 4.96. The minimum absolute atomic E-state index is 0.0927. The molecule has 0 bridgehead atoms. The number of ether oxygens (including phenoxy) is 1. The number of hydrogen-bond acceptors (Lipinski definition) is 4. The number of aryl methyl sites for hydroxylation is 1. The van der Waals surface area contributed by atoms with E-state index >= 15 is 0 Å². The Morgan fingerprint density at radius 2 is 1.92 bits per heavy atom. The minimum atomic E-state index is -0.206. The molecule has 1 aromatic heterocycles. The van der Waals surface area contributed by atoms with Gasteiger partial charge in [-0.1, -0.05) is 19.3 Å². The predicted molar refractivity (Wildman–Crippen MR) is 93.2 cm³/mol. The fourth-order valence-corrected chi connectivity index (χ4v) is 3.65. The predicted octanol–water partition coefficient (Wildman–Crippen LogP) is 2.33. The second kappa shape index (κ2) is 8.36. The summed E-state index contributed by atoms with van der Waals surface area (Å²) in [5, 5.41) is 7.03. The van der Waals surface area contributed by atoms with Crippen molar-refractivity contribution >= 4 is 12.0 Å². The van der Waals surface area contributed by atoms with E-state index in [1.807, 2.05) is 0 Å². The molecule has 1 aliphatic heterocycles. The quantitative estimate of drug-likeness (QED) is 0.906. The second-order valence-corrected chi connectivity index (χ2v) is 7.22. The number of carbonyl (C=O) groups is 2. The SMILES string of the molecule is Cn1cc(C(=O)NC2CCN(C(=O)OCC3CCCCC3)CC2)cn1. The molecule has 7 heteroatoms.